The number of aliphatic carboxylic acids is 1. The second kappa shape index (κ2) is 4.27. The lowest BCUT2D eigenvalue weighted by molar-refractivity contribution is -0.333. The Hall–Kier alpha value is -0.650. The number of hydrogen-bond donors (Lipinski definition) is 3. The molecule has 0 heterocycles. The maximum Gasteiger partial charge on any atom is 0.326 e. The highest BCUT2D eigenvalue weighted by Gasteiger charge is 2.28. The number of carbonyl (C=O) groups is 1. The van der Waals surface area contributed by atoms with Crippen molar-refractivity contribution in [1.29, 1.82) is 0 Å². The van der Waals surface area contributed by atoms with Crippen LogP contribution in [-0.4, -0.2) is 32.8 Å². The van der Waals surface area contributed by atoms with Crippen LogP contribution in [-0.2, 0) is 4.79 Å². The normalized spacial score (nSPS) is 16.5. The molecule has 0 aliphatic heterocycles. The van der Waals surface area contributed by atoms with E-state index in [-0.39, 0.29) is 11.1 Å². The molecule has 0 radical (unpaired) electrons. The highest BCUT2D eigenvalue weighted by atomic mass is 16.8. The highest BCUT2D eigenvalue weighted by Crippen LogP contribution is 2.11. The van der Waals surface area contributed by atoms with Gasteiger partial charge >= 0.3 is 5.97 Å². The number of carboxylic acid groups (broad SMARTS) is 1. The van der Waals surface area contributed by atoms with Gasteiger partial charge in [-0.25, -0.2) is 0 Å². The highest BCUT2D eigenvalue weighted by molar-refractivity contribution is 5.73. The average molecular weight is 163 g/mol. The number of rotatable bonds is 4. The summed E-state index contributed by atoms with van der Waals surface area (Å²) in [5.74, 6) is -1.52. The number of hydrogen-bond acceptors (Lipinski definition) is 4. The van der Waals surface area contributed by atoms with Gasteiger partial charge in [0.05, 0.1) is 0 Å². The van der Waals surface area contributed by atoms with E-state index in [0.29, 0.717) is 6.42 Å². The Bertz CT molecular complexity index is 137. The number of nitrogens with zero attached hydrogens (tertiary/aromatic N) is 1. The van der Waals surface area contributed by atoms with Crippen molar-refractivity contribution in [3.8, 4) is 0 Å². The first-order chi connectivity index (χ1) is 5.00. The average Bonchev–Trinajstić information content (AvgIpc) is 1.85. The summed E-state index contributed by atoms with van der Waals surface area (Å²) in [6.45, 7) is 3.42. The Morgan fingerprint density at radius 3 is 2.09 bits per heavy atom. The zero-order valence-corrected chi connectivity index (χ0v) is 6.56. The van der Waals surface area contributed by atoms with Crippen LogP contribution in [0.2, 0.25) is 0 Å². The molecule has 0 saturated heterocycles. The molecule has 11 heavy (non-hydrogen) atoms. The van der Waals surface area contributed by atoms with E-state index >= 15 is 0 Å². The van der Waals surface area contributed by atoms with Crippen LogP contribution >= 0.6 is 0 Å². The maximum absolute atomic E-state index is 10.4. The fourth-order valence-electron chi connectivity index (χ4n) is 0.793. The Morgan fingerprint density at radius 2 is 2.00 bits per heavy atom. The van der Waals surface area contributed by atoms with E-state index in [1.54, 1.807) is 13.8 Å². The maximum atomic E-state index is 10.4. The zero-order valence-electron chi connectivity index (χ0n) is 6.56. The third-order valence-electron chi connectivity index (χ3n) is 1.68. The fourth-order valence-corrected chi connectivity index (χ4v) is 0.793. The minimum atomic E-state index is -1.24. The molecule has 0 aliphatic rings. The van der Waals surface area contributed by atoms with Gasteiger partial charge in [-0.3, -0.25) is 15.2 Å². The van der Waals surface area contributed by atoms with Crippen molar-refractivity contribution in [2.75, 3.05) is 0 Å². The molecule has 0 aromatic rings. The van der Waals surface area contributed by atoms with Gasteiger partial charge in [-0.2, -0.15) is 0 Å². The van der Waals surface area contributed by atoms with E-state index in [2.05, 4.69) is 0 Å². The first-order valence-electron chi connectivity index (χ1n) is 3.40. The second-order valence-corrected chi connectivity index (χ2v) is 2.49. The van der Waals surface area contributed by atoms with Crippen molar-refractivity contribution in [2.24, 2.45) is 5.92 Å². The molecule has 66 valence electrons. The lowest BCUT2D eigenvalue weighted by Gasteiger charge is -2.21. The van der Waals surface area contributed by atoms with Gasteiger partial charge in [0, 0.05) is 0 Å². The van der Waals surface area contributed by atoms with Gasteiger partial charge in [-0.1, -0.05) is 25.5 Å². The predicted molar refractivity (Wildman–Crippen MR) is 36.3 cm³/mol. The summed E-state index contributed by atoms with van der Waals surface area (Å²) in [6.07, 6.45) is 0.578. The molecule has 0 aromatic heterocycles. The van der Waals surface area contributed by atoms with Crippen molar-refractivity contribution in [3.63, 3.8) is 0 Å². The van der Waals surface area contributed by atoms with Gasteiger partial charge in [0.2, 0.25) is 0 Å². The van der Waals surface area contributed by atoms with E-state index < -0.39 is 12.0 Å². The van der Waals surface area contributed by atoms with Gasteiger partial charge in [0.15, 0.2) is 6.04 Å². The van der Waals surface area contributed by atoms with Crippen LogP contribution in [0, 0.1) is 5.92 Å². The van der Waals surface area contributed by atoms with Crippen LogP contribution in [0.3, 0.4) is 0 Å². The molecule has 0 saturated carbocycles. The van der Waals surface area contributed by atoms with Crippen molar-refractivity contribution < 1.29 is 20.3 Å². The van der Waals surface area contributed by atoms with E-state index in [9.17, 15) is 4.79 Å². The minimum Gasteiger partial charge on any atom is -0.480 e. The lowest BCUT2D eigenvalue weighted by Crippen LogP contribution is -2.41. The van der Waals surface area contributed by atoms with Gasteiger partial charge in [0.25, 0.3) is 0 Å². The van der Waals surface area contributed by atoms with Gasteiger partial charge in [0.1, 0.15) is 0 Å². The van der Waals surface area contributed by atoms with E-state index in [1.165, 1.54) is 0 Å². The lowest BCUT2D eigenvalue weighted by atomic mass is 10.0. The third-order valence-corrected chi connectivity index (χ3v) is 1.68. The monoisotopic (exact) mass is 163 g/mol. The molecule has 0 rings (SSSR count). The van der Waals surface area contributed by atoms with Crippen molar-refractivity contribution in [1.82, 2.24) is 5.23 Å². The molecule has 2 atom stereocenters. The molecule has 0 fully saturated rings. The summed E-state index contributed by atoms with van der Waals surface area (Å²) in [5.41, 5.74) is 0. The first kappa shape index (κ1) is 10.3. The van der Waals surface area contributed by atoms with E-state index in [0.717, 1.165) is 0 Å². The van der Waals surface area contributed by atoms with Crippen LogP contribution in [0.25, 0.3) is 0 Å². The smallest absolute Gasteiger partial charge is 0.326 e. The molecule has 0 spiro atoms. The second-order valence-electron chi connectivity index (χ2n) is 2.49. The molecule has 5 heteroatoms. The predicted octanol–water partition coefficient (Wildman–Crippen LogP) is 0.566. The number of carboxylic acids is 1. The quantitative estimate of drug-likeness (QED) is 0.528. The van der Waals surface area contributed by atoms with Crippen LogP contribution in [0.5, 0.6) is 0 Å². The van der Waals surface area contributed by atoms with Crippen LogP contribution in [0.1, 0.15) is 20.3 Å². The topological polar surface area (TPSA) is 81.0 Å². The Labute approximate surface area is 64.8 Å². The molecule has 5 nitrogen and oxygen atoms in total. The number of hydroxylamine groups is 2. The summed E-state index contributed by atoms with van der Waals surface area (Å²) in [6, 6.07) is -1.24. The summed E-state index contributed by atoms with van der Waals surface area (Å²) in [5, 5.41) is 25.2. The minimum absolute atomic E-state index is 0.253. The molecule has 0 unspecified atom stereocenters. The van der Waals surface area contributed by atoms with Gasteiger partial charge < -0.3 is 5.11 Å². The third kappa shape index (κ3) is 2.83. The van der Waals surface area contributed by atoms with Gasteiger partial charge in [-0.05, 0) is 5.92 Å². The van der Waals surface area contributed by atoms with Crippen LogP contribution < -0.4 is 0 Å². The summed E-state index contributed by atoms with van der Waals surface area (Å²) in [4.78, 5) is 10.4. The Balaban J connectivity index is 4.21. The van der Waals surface area contributed by atoms with E-state index in [1.807, 2.05) is 0 Å². The van der Waals surface area contributed by atoms with Crippen LogP contribution in [0.4, 0.5) is 0 Å². The Kier molecular flexibility index (Phi) is 4.02. The molecule has 0 aromatic carbocycles. The zero-order chi connectivity index (χ0) is 9.02. The SMILES string of the molecule is CC[C@@H](C)[C@@H](C(=O)O)N(O)O. The molecule has 0 amide bonds. The molecular weight excluding hydrogens is 150 g/mol. The van der Waals surface area contributed by atoms with Gasteiger partial charge in [-0.15, -0.1) is 0 Å². The summed E-state index contributed by atoms with van der Waals surface area (Å²) < 4.78 is 0. The fraction of sp³-hybridized carbons (Fsp3) is 0.833. The summed E-state index contributed by atoms with van der Waals surface area (Å²) in [7, 11) is 0. The van der Waals surface area contributed by atoms with Crippen molar-refractivity contribution in [2.45, 2.75) is 26.3 Å². The largest absolute Gasteiger partial charge is 0.480 e. The van der Waals surface area contributed by atoms with Crippen LogP contribution in [0.15, 0.2) is 0 Å². The molecule has 0 aliphatic carbocycles. The first-order valence-corrected chi connectivity index (χ1v) is 3.40. The molecule has 0 bridgehead atoms. The van der Waals surface area contributed by atoms with E-state index in [4.69, 9.17) is 15.5 Å². The molecular formula is C6H13NO4. The van der Waals surface area contributed by atoms with Crippen molar-refractivity contribution in [3.05, 3.63) is 0 Å². The molecule has 3 N–H and O–H groups in total. The van der Waals surface area contributed by atoms with Crippen molar-refractivity contribution >= 4 is 5.97 Å². The summed E-state index contributed by atoms with van der Waals surface area (Å²) >= 11 is 0. The Morgan fingerprint density at radius 1 is 1.55 bits per heavy atom. The standard InChI is InChI=1S/C6H13NO4/c1-3-4(2)5(6(8)9)7(10)11/h4-5,10-11H,3H2,1-2H3,(H,8,9)/t4-,5+/m1/s1.